The Morgan fingerprint density at radius 1 is 0.912 bits per heavy atom. The zero-order valence-corrected chi connectivity index (χ0v) is 18.8. The van der Waals surface area contributed by atoms with Gasteiger partial charge in [-0.15, -0.1) is 0 Å². The highest BCUT2D eigenvalue weighted by molar-refractivity contribution is 7.89. The molecule has 1 fully saturated rings. The standard InChI is InChI=1S/C23H20N6O4S/c30-29(31)18-6-3-7-19(15-18)34(32,33)28-13-11-27(12-14-28)23-20-8-1-2-9-21(20)25-22(26-23)17-5-4-10-24-16-17/h1-10,15-16H,11-14H2. The molecule has 0 amide bonds. The molecule has 0 radical (unpaired) electrons. The van der Waals surface area contributed by atoms with E-state index in [4.69, 9.17) is 4.98 Å². The normalized spacial score (nSPS) is 14.9. The van der Waals surface area contributed by atoms with Crippen molar-refractivity contribution in [2.45, 2.75) is 4.90 Å². The number of non-ortho nitro benzene ring substituents is 1. The van der Waals surface area contributed by atoms with Crippen molar-refractivity contribution in [3.05, 3.63) is 83.2 Å². The molecule has 0 unspecified atom stereocenters. The van der Waals surface area contributed by atoms with Crippen LogP contribution >= 0.6 is 0 Å². The van der Waals surface area contributed by atoms with E-state index in [1.807, 2.05) is 41.3 Å². The lowest BCUT2D eigenvalue weighted by Crippen LogP contribution is -2.49. The molecule has 0 saturated carbocycles. The van der Waals surface area contributed by atoms with Gasteiger partial charge in [-0.1, -0.05) is 18.2 Å². The molecule has 0 bridgehead atoms. The van der Waals surface area contributed by atoms with Crippen molar-refractivity contribution < 1.29 is 13.3 Å². The first-order valence-corrected chi connectivity index (χ1v) is 12.0. The van der Waals surface area contributed by atoms with Crippen molar-refractivity contribution in [1.82, 2.24) is 19.3 Å². The summed E-state index contributed by atoms with van der Waals surface area (Å²) in [6.45, 7) is 1.29. The summed E-state index contributed by atoms with van der Waals surface area (Å²) in [7, 11) is -3.86. The molecule has 172 valence electrons. The molecule has 1 aliphatic rings. The molecule has 2 aromatic heterocycles. The number of hydrogen-bond donors (Lipinski definition) is 0. The van der Waals surface area contributed by atoms with E-state index in [0.29, 0.717) is 18.9 Å². The van der Waals surface area contributed by atoms with Gasteiger partial charge in [-0.25, -0.2) is 18.4 Å². The highest BCUT2D eigenvalue weighted by Crippen LogP contribution is 2.29. The van der Waals surface area contributed by atoms with E-state index in [1.165, 1.54) is 22.5 Å². The Bertz CT molecular complexity index is 1470. The first kappa shape index (κ1) is 21.9. The second-order valence-corrected chi connectivity index (χ2v) is 9.71. The number of fused-ring (bicyclic) bond motifs is 1. The zero-order valence-electron chi connectivity index (χ0n) is 18.0. The lowest BCUT2D eigenvalue weighted by molar-refractivity contribution is -0.385. The third-order valence-electron chi connectivity index (χ3n) is 5.71. The topological polar surface area (TPSA) is 122 Å². The minimum absolute atomic E-state index is 0.0819. The van der Waals surface area contributed by atoms with Crippen LogP contribution in [0.4, 0.5) is 11.5 Å². The van der Waals surface area contributed by atoms with Gasteiger partial charge in [-0.05, 0) is 30.3 Å². The van der Waals surface area contributed by atoms with Crippen molar-refractivity contribution in [1.29, 1.82) is 0 Å². The van der Waals surface area contributed by atoms with Crippen LogP contribution in [0.2, 0.25) is 0 Å². The Morgan fingerprint density at radius 3 is 2.44 bits per heavy atom. The predicted molar refractivity (Wildman–Crippen MR) is 127 cm³/mol. The molecule has 1 saturated heterocycles. The molecule has 3 heterocycles. The highest BCUT2D eigenvalue weighted by Gasteiger charge is 2.30. The van der Waals surface area contributed by atoms with Gasteiger partial charge < -0.3 is 4.90 Å². The Hall–Kier alpha value is -3.96. The molecule has 10 nitrogen and oxygen atoms in total. The monoisotopic (exact) mass is 476 g/mol. The van der Waals surface area contributed by atoms with E-state index in [9.17, 15) is 18.5 Å². The van der Waals surface area contributed by atoms with Crippen molar-refractivity contribution in [3.63, 3.8) is 0 Å². The van der Waals surface area contributed by atoms with Gasteiger partial charge in [0.2, 0.25) is 10.0 Å². The van der Waals surface area contributed by atoms with Crippen LogP contribution in [0.25, 0.3) is 22.3 Å². The summed E-state index contributed by atoms with van der Waals surface area (Å²) in [5.41, 5.74) is 1.33. The Labute approximate surface area is 195 Å². The van der Waals surface area contributed by atoms with Gasteiger partial charge in [-0.2, -0.15) is 4.31 Å². The maximum atomic E-state index is 13.1. The number of aromatic nitrogens is 3. The van der Waals surface area contributed by atoms with Crippen LogP contribution in [0.1, 0.15) is 0 Å². The fraction of sp³-hybridized carbons (Fsp3) is 0.174. The first-order valence-electron chi connectivity index (χ1n) is 10.6. The predicted octanol–water partition coefficient (Wildman–Crippen LogP) is 3.11. The van der Waals surface area contributed by atoms with Crippen LogP contribution in [-0.2, 0) is 10.0 Å². The molecule has 1 aliphatic heterocycles. The zero-order chi connectivity index (χ0) is 23.7. The van der Waals surface area contributed by atoms with Gasteiger partial charge in [0, 0.05) is 61.7 Å². The molecule has 5 rings (SSSR count). The molecule has 11 heteroatoms. The number of benzene rings is 2. The van der Waals surface area contributed by atoms with E-state index in [1.54, 1.807) is 12.4 Å². The maximum Gasteiger partial charge on any atom is 0.270 e. The van der Waals surface area contributed by atoms with E-state index in [-0.39, 0.29) is 23.7 Å². The Balaban J connectivity index is 1.43. The summed E-state index contributed by atoms with van der Waals surface area (Å²) >= 11 is 0. The number of para-hydroxylation sites is 1. The third-order valence-corrected chi connectivity index (χ3v) is 7.60. The van der Waals surface area contributed by atoms with Crippen LogP contribution in [0.15, 0.2) is 78.0 Å². The smallest absolute Gasteiger partial charge is 0.270 e. The molecule has 0 N–H and O–H groups in total. The Morgan fingerprint density at radius 2 is 1.71 bits per heavy atom. The fourth-order valence-corrected chi connectivity index (χ4v) is 5.43. The average Bonchev–Trinajstić information content (AvgIpc) is 2.88. The highest BCUT2D eigenvalue weighted by atomic mass is 32.2. The van der Waals surface area contributed by atoms with Crippen molar-refractivity contribution >= 4 is 32.4 Å². The quantitative estimate of drug-likeness (QED) is 0.318. The number of pyridine rings is 1. The van der Waals surface area contributed by atoms with E-state index < -0.39 is 14.9 Å². The molecule has 0 spiro atoms. The summed E-state index contributed by atoms with van der Waals surface area (Å²) in [5.74, 6) is 1.28. The summed E-state index contributed by atoms with van der Waals surface area (Å²) in [4.78, 5) is 26.1. The maximum absolute atomic E-state index is 13.1. The van der Waals surface area contributed by atoms with Gasteiger partial charge in [-0.3, -0.25) is 15.1 Å². The largest absolute Gasteiger partial charge is 0.353 e. The lowest BCUT2D eigenvalue weighted by atomic mass is 10.2. The number of piperazine rings is 1. The van der Waals surface area contributed by atoms with Gasteiger partial charge in [0.05, 0.1) is 15.3 Å². The number of nitro groups is 1. The summed E-state index contributed by atoms with van der Waals surface area (Å²) in [6, 6.07) is 16.6. The molecule has 2 aromatic carbocycles. The van der Waals surface area contributed by atoms with Crippen molar-refractivity contribution in [2.24, 2.45) is 0 Å². The first-order chi connectivity index (χ1) is 16.4. The summed E-state index contributed by atoms with van der Waals surface area (Å²) in [6.07, 6.45) is 3.39. The fourth-order valence-electron chi connectivity index (χ4n) is 3.97. The molecular weight excluding hydrogens is 456 g/mol. The van der Waals surface area contributed by atoms with Gasteiger partial charge in [0.15, 0.2) is 5.82 Å². The summed E-state index contributed by atoms with van der Waals surface area (Å²) in [5, 5.41) is 11.9. The number of anilines is 1. The van der Waals surface area contributed by atoms with Crippen molar-refractivity contribution in [2.75, 3.05) is 31.1 Å². The number of rotatable bonds is 5. The number of nitrogens with zero attached hydrogens (tertiary/aromatic N) is 6. The second kappa shape index (κ2) is 8.76. The van der Waals surface area contributed by atoms with E-state index >= 15 is 0 Å². The second-order valence-electron chi connectivity index (χ2n) is 7.78. The van der Waals surface area contributed by atoms with E-state index in [2.05, 4.69) is 9.97 Å². The minimum Gasteiger partial charge on any atom is -0.353 e. The molecule has 34 heavy (non-hydrogen) atoms. The van der Waals surface area contributed by atoms with Crippen LogP contribution in [-0.4, -0.2) is 58.8 Å². The van der Waals surface area contributed by atoms with Crippen LogP contribution in [0, 0.1) is 10.1 Å². The van der Waals surface area contributed by atoms with Crippen LogP contribution in [0.3, 0.4) is 0 Å². The van der Waals surface area contributed by atoms with Crippen molar-refractivity contribution in [3.8, 4) is 11.4 Å². The van der Waals surface area contributed by atoms with Gasteiger partial charge >= 0.3 is 0 Å². The molecular formula is C23H20N6O4S. The van der Waals surface area contributed by atoms with Gasteiger partial charge in [0.1, 0.15) is 5.82 Å². The van der Waals surface area contributed by atoms with E-state index in [0.717, 1.165) is 28.4 Å². The van der Waals surface area contributed by atoms with Gasteiger partial charge in [0.25, 0.3) is 5.69 Å². The number of hydrogen-bond acceptors (Lipinski definition) is 8. The summed E-state index contributed by atoms with van der Waals surface area (Å²) < 4.78 is 27.6. The molecule has 0 atom stereocenters. The SMILES string of the molecule is O=[N+]([O-])c1cccc(S(=O)(=O)N2CCN(c3nc(-c4cccnc4)nc4ccccc34)CC2)c1. The third kappa shape index (κ3) is 4.06. The average molecular weight is 477 g/mol. The Kier molecular flexibility index (Phi) is 5.64. The molecule has 0 aliphatic carbocycles. The minimum atomic E-state index is -3.86. The van der Waals surface area contributed by atoms with Crippen LogP contribution < -0.4 is 4.90 Å². The molecule has 4 aromatic rings. The number of nitro benzene ring substituents is 1. The van der Waals surface area contributed by atoms with Crippen LogP contribution in [0.5, 0.6) is 0 Å². The number of sulfonamides is 1. The lowest BCUT2D eigenvalue weighted by Gasteiger charge is -2.35.